The Bertz CT molecular complexity index is 371. The molecule has 1 N–H and O–H groups in total. The third kappa shape index (κ3) is 3.55. The van der Waals surface area contributed by atoms with Crippen LogP contribution in [-0.2, 0) is 0 Å². The molecule has 1 unspecified atom stereocenters. The molecule has 1 aromatic carbocycles. The molecule has 18 heavy (non-hydrogen) atoms. The Morgan fingerprint density at radius 1 is 1.17 bits per heavy atom. The smallest absolute Gasteiger partial charge is 0.123 e. The van der Waals surface area contributed by atoms with Crippen LogP contribution in [0.3, 0.4) is 0 Å². The van der Waals surface area contributed by atoms with Gasteiger partial charge in [0.05, 0.1) is 0 Å². The third-order valence-corrected chi connectivity index (χ3v) is 4.22. The van der Waals surface area contributed by atoms with E-state index < -0.39 is 0 Å². The lowest BCUT2D eigenvalue weighted by molar-refractivity contribution is 0.268. The summed E-state index contributed by atoms with van der Waals surface area (Å²) in [5.41, 5.74) is 1.04. The average Bonchev–Trinajstić information content (AvgIpc) is 2.39. The van der Waals surface area contributed by atoms with Gasteiger partial charge in [-0.3, -0.25) is 0 Å². The Morgan fingerprint density at radius 3 is 2.56 bits per heavy atom. The van der Waals surface area contributed by atoms with Gasteiger partial charge < -0.3 is 5.32 Å². The van der Waals surface area contributed by atoms with E-state index in [0.717, 1.165) is 11.5 Å². The van der Waals surface area contributed by atoms with Gasteiger partial charge in [0.15, 0.2) is 0 Å². The highest BCUT2D eigenvalue weighted by atomic mass is 19.1. The largest absolute Gasteiger partial charge is 0.307 e. The second-order valence-corrected chi connectivity index (χ2v) is 5.63. The van der Waals surface area contributed by atoms with Crippen molar-refractivity contribution in [3.05, 3.63) is 35.6 Å². The lowest BCUT2D eigenvalue weighted by atomic mass is 9.84. The van der Waals surface area contributed by atoms with Gasteiger partial charge in [-0.05, 0) is 50.3 Å². The Labute approximate surface area is 110 Å². The number of nitrogens with one attached hydrogen (secondary N) is 1. The van der Waals surface area contributed by atoms with E-state index in [4.69, 9.17) is 0 Å². The maximum atomic E-state index is 13.2. The van der Waals surface area contributed by atoms with Gasteiger partial charge in [0.25, 0.3) is 0 Å². The molecule has 0 bridgehead atoms. The molecule has 1 aliphatic rings. The first-order chi connectivity index (χ1) is 8.66. The highest BCUT2D eigenvalue weighted by Gasteiger charge is 2.21. The van der Waals surface area contributed by atoms with E-state index in [1.54, 1.807) is 12.1 Å². The first kappa shape index (κ1) is 13.5. The van der Waals surface area contributed by atoms with Crippen molar-refractivity contribution in [3.8, 4) is 0 Å². The summed E-state index contributed by atoms with van der Waals surface area (Å²) in [4.78, 5) is 0. The van der Waals surface area contributed by atoms with Crippen LogP contribution in [0.25, 0.3) is 0 Å². The highest BCUT2D eigenvalue weighted by Crippen LogP contribution is 2.27. The predicted octanol–water partition coefficient (Wildman–Crippen LogP) is 4.45. The normalized spacial score (nSPS) is 20.6. The van der Waals surface area contributed by atoms with Crippen molar-refractivity contribution in [1.82, 2.24) is 5.32 Å². The molecule has 1 saturated carbocycles. The fourth-order valence-corrected chi connectivity index (χ4v) is 3.04. The summed E-state index contributed by atoms with van der Waals surface area (Å²) < 4.78 is 13.2. The minimum atomic E-state index is -0.147. The van der Waals surface area contributed by atoms with Crippen molar-refractivity contribution in [3.63, 3.8) is 0 Å². The van der Waals surface area contributed by atoms with Crippen molar-refractivity contribution >= 4 is 0 Å². The van der Waals surface area contributed by atoms with Crippen molar-refractivity contribution < 1.29 is 4.39 Å². The minimum absolute atomic E-state index is 0.147. The van der Waals surface area contributed by atoms with E-state index in [2.05, 4.69) is 19.2 Å². The van der Waals surface area contributed by atoms with Crippen LogP contribution >= 0.6 is 0 Å². The molecule has 1 fully saturated rings. The van der Waals surface area contributed by atoms with E-state index >= 15 is 0 Å². The van der Waals surface area contributed by atoms with Gasteiger partial charge in [-0.25, -0.2) is 4.39 Å². The van der Waals surface area contributed by atoms with Gasteiger partial charge in [-0.2, -0.15) is 0 Å². The molecule has 0 heterocycles. The second-order valence-electron chi connectivity index (χ2n) is 5.63. The first-order valence-electron chi connectivity index (χ1n) is 7.18. The topological polar surface area (TPSA) is 12.0 Å². The van der Waals surface area contributed by atoms with Crippen LogP contribution in [0.2, 0.25) is 0 Å². The van der Waals surface area contributed by atoms with Crippen LogP contribution in [0, 0.1) is 11.7 Å². The molecule has 2 heteroatoms. The van der Waals surface area contributed by atoms with Gasteiger partial charge in [-0.15, -0.1) is 0 Å². The molecule has 0 aliphatic heterocycles. The van der Waals surface area contributed by atoms with Gasteiger partial charge in [0.1, 0.15) is 5.82 Å². The monoisotopic (exact) mass is 249 g/mol. The van der Waals surface area contributed by atoms with E-state index in [9.17, 15) is 4.39 Å². The van der Waals surface area contributed by atoms with Crippen molar-refractivity contribution in [2.45, 2.75) is 58.0 Å². The Kier molecular flexibility index (Phi) is 4.76. The predicted molar refractivity (Wildman–Crippen MR) is 74.0 cm³/mol. The average molecular weight is 249 g/mol. The standard InChI is InChI=1S/C16H24FN/c1-12(14-7-4-3-5-8-14)18-13(2)15-9-6-10-16(17)11-15/h6,9-14,18H,3-5,7-8H2,1-2H3/t12-,13?/m0/s1. The SMILES string of the molecule is CC(N[C@@H](C)C1CCCCC1)c1cccc(F)c1. The lowest BCUT2D eigenvalue weighted by Gasteiger charge is -2.30. The molecule has 0 saturated heterocycles. The van der Waals surface area contributed by atoms with Crippen molar-refractivity contribution in [2.24, 2.45) is 5.92 Å². The Hall–Kier alpha value is -0.890. The van der Waals surface area contributed by atoms with E-state index in [1.807, 2.05) is 6.07 Å². The zero-order chi connectivity index (χ0) is 13.0. The van der Waals surface area contributed by atoms with E-state index in [0.29, 0.717) is 6.04 Å². The first-order valence-corrected chi connectivity index (χ1v) is 7.18. The number of rotatable bonds is 4. The summed E-state index contributed by atoms with van der Waals surface area (Å²) >= 11 is 0. The Morgan fingerprint density at radius 2 is 1.89 bits per heavy atom. The maximum absolute atomic E-state index is 13.2. The van der Waals surface area contributed by atoms with Gasteiger partial charge >= 0.3 is 0 Å². The number of hydrogen-bond donors (Lipinski definition) is 1. The summed E-state index contributed by atoms with van der Waals surface area (Å²) in [5.74, 6) is 0.640. The van der Waals surface area contributed by atoms with Crippen molar-refractivity contribution in [1.29, 1.82) is 0 Å². The van der Waals surface area contributed by atoms with Crippen LogP contribution in [0.5, 0.6) is 0 Å². The molecule has 0 radical (unpaired) electrons. The molecule has 0 amide bonds. The van der Waals surface area contributed by atoms with Crippen LogP contribution in [0.15, 0.2) is 24.3 Å². The number of hydrogen-bond acceptors (Lipinski definition) is 1. The van der Waals surface area contributed by atoms with Crippen LogP contribution in [0.4, 0.5) is 4.39 Å². The van der Waals surface area contributed by atoms with Gasteiger partial charge in [0.2, 0.25) is 0 Å². The molecule has 2 rings (SSSR count). The van der Waals surface area contributed by atoms with E-state index in [-0.39, 0.29) is 11.9 Å². The summed E-state index contributed by atoms with van der Waals surface area (Å²) in [6, 6.07) is 7.65. The fraction of sp³-hybridized carbons (Fsp3) is 0.625. The van der Waals surface area contributed by atoms with Gasteiger partial charge in [-0.1, -0.05) is 31.4 Å². The molecule has 2 atom stereocenters. The van der Waals surface area contributed by atoms with E-state index in [1.165, 1.54) is 38.2 Å². The number of benzene rings is 1. The minimum Gasteiger partial charge on any atom is -0.307 e. The molecular weight excluding hydrogens is 225 g/mol. The third-order valence-electron chi connectivity index (χ3n) is 4.22. The zero-order valence-corrected chi connectivity index (χ0v) is 11.5. The Balaban J connectivity index is 1.91. The molecule has 1 nitrogen and oxygen atoms in total. The molecule has 1 aromatic rings. The second kappa shape index (κ2) is 6.33. The van der Waals surface area contributed by atoms with Crippen LogP contribution in [0.1, 0.15) is 57.6 Å². The van der Waals surface area contributed by atoms with Crippen LogP contribution in [-0.4, -0.2) is 6.04 Å². The summed E-state index contributed by atoms with van der Waals surface area (Å²) in [5, 5.41) is 3.63. The summed E-state index contributed by atoms with van der Waals surface area (Å²) in [7, 11) is 0. The molecule has 1 aliphatic carbocycles. The quantitative estimate of drug-likeness (QED) is 0.831. The highest BCUT2D eigenvalue weighted by molar-refractivity contribution is 5.19. The van der Waals surface area contributed by atoms with Crippen LogP contribution < -0.4 is 5.32 Å². The maximum Gasteiger partial charge on any atom is 0.123 e. The molecule has 0 aromatic heterocycles. The molecule has 0 spiro atoms. The summed E-state index contributed by atoms with van der Waals surface area (Å²) in [6.07, 6.45) is 6.80. The van der Waals surface area contributed by atoms with Crippen molar-refractivity contribution in [2.75, 3.05) is 0 Å². The summed E-state index contributed by atoms with van der Waals surface area (Å²) in [6.45, 7) is 4.39. The zero-order valence-electron chi connectivity index (χ0n) is 11.5. The number of halogens is 1. The molecule has 100 valence electrons. The molecular formula is C16H24FN. The fourth-order valence-electron chi connectivity index (χ4n) is 3.04. The lowest BCUT2D eigenvalue weighted by Crippen LogP contribution is -2.36. The van der Waals surface area contributed by atoms with Gasteiger partial charge in [0, 0.05) is 12.1 Å².